The topological polar surface area (TPSA) is 74.3 Å². The fourth-order valence-corrected chi connectivity index (χ4v) is 3.73. The van der Waals surface area contributed by atoms with Crippen molar-refractivity contribution in [3.63, 3.8) is 0 Å². The highest BCUT2D eigenvalue weighted by molar-refractivity contribution is 5.74. The number of aryl methyl sites for hydroxylation is 2. The molecule has 0 amide bonds. The van der Waals surface area contributed by atoms with E-state index in [2.05, 4.69) is 4.90 Å². The largest absolute Gasteiger partial charge is 0.494 e. The van der Waals surface area contributed by atoms with Gasteiger partial charge in [0.2, 0.25) is 5.95 Å². The van der Waals surface area contributed by atoms with E-state index in [4.69, 9.17) is 9.72 Å². The number of anilines is 1. The molecule has 0 bridgehead atoms. The predicted molar refractivity (Wildman–Crippen MR) is 108 cm³/mol. The number of benzene rings is 1. The van der Waals surface area contributed by atoms with Gasteiger partial charge >= 0.3 is 5.69 Å². The summed E-state index contributed by atoms with van der Waals surface area (Å²) in [5.41, 5.74) is 0.257. The van der Waals surface area contributed by atoms with Crippen molar-refractivity contribution >= 4 is 17.1 Å². The third-order valence-electron chi connectivity index (χ3n) is 5.25. The van der Waals surface area contributed by atoms with Gasteiger partial charge in [-0.2, -0.15) is 4.98 Å². The van der Waals surface area contributed by atoms with Gasteiger partial charge in [-0.15, -0.1) is 0 Å². The Labute approximate surface area is 162 Å². The second kappa shape index (κ2) is 7.53. The van der Waals surface area contributed by atoms with Crippen LogP contribution < -0.4 is 20.9 Å². The fraction of sp³-hybridized carbons (Fsp3) is 0.450. The Morgan fingerprint density at radius 2 is 1.75 bits per heavy atom. The molecule has 0 spiro atoms. The zero-order valence-corrected chi connectivity index (χ0v) is 16.3. The molecule has 1 aliphatic heterocycles. The van der Waals surface area contributed by atoms with Gasteiger partial charge in [0.15, 0.2) is 11.2 Å². The third-order valence-corrected chi connectivity index (χ3v) is 5.25. The highest BCUT2D eigenvalue weighted by atomic mass is 16.5. The van der Waals surface area contributed by atoms with Gasteiger partial charge in [-0.05, 0) is 31.4 Å². The van der Waals surface area contributed by atoms with Gasteiger partial charge in [0.05, 0.1) is 6.61 Å². The van der Waals surface area contributed by atoms with Gasteiger partial charge in [-0.1, -0.05) is 18.2 Å². The molecule has 1 fully saturated rings. The predicted octanol–water partition coefficient (Wildman–Crippen LogP) is 1.50. The summed E-state index contributed by atoms with van der Waals surface area (Å²) in [6, 6.07) is 9.68. The summed E-state index contributed by atoms with van der Waals surface area (Å²) in [6.07, 6.45) is 2.95. The van der Waals surface area contributed by atoms with Crippen LogP contribution in [0.2, 0.25) is 0 Å². The molecule has 1 aliphatic rings. The highest BCUT2D eigenvalue weighted by Crippen LogP contribution is 2.23. The maximum Gasteiger partial charge on any atom is 0.332 e. The first-order valence-corrected chi connectivity index (χ1v) is 9.67. The molecule has 0 unspecified atom stereocenters. The molecule has 0 atom stereocenters. The number of rotatable bonds is 6. The number of aromatic nitrogens is 4. The molecule has 1 saturated heterocycles. The van der Waals surface area contributed by atoms with E-state index in [0.29, 0.717) is 24.3 Å². The lowest BCUT2D eigenvalue weighted by Crippen LogP contribution is -2.37. The van der Waals surface area contributed by atoms with Crippen LogP contribution in [0.15, 0.2) is 39.9 Å². The summed E-state index contributed by atoms with van der Waals surface area (Å²) < 4.78 is 10.3. The summed E-state index contributed by atoms with van der Waals surface area (Å²) in [7, 11) is 3.17. The number of nitrogens with zero attached hydrogens (tertiary/aromatic N) is 5. The minimum absolute atomic E-state index is 0.306. The zero-order chi connectivity index (χ0) is 19.7. The van der Waals surface area contributed by atoms with Crippen LogP contribution in [0, 0.1) is 0 Å². The molecule has 0 radical (unpaired) electrons. The van der Waals surface area contributed by atoms with Gasteiger partial charge in [0, 0.05) is 33.7 Å². The number of fused-ring (bicyclic) bond motifs is 1. The first-order valence-electron chi connectivity index (χ1n) is 9.67. The molecule has 2 aromatic heterocycles. The molecule has 0 N–H and O–H groups in total. The van der Waals surface area contributed by atoms with E-state index in [9.17, 15) is 9.59 Å². The number of para-hydroxylation sites is 1. The Bertz CT molecular complexity index is 1090. The normalized spacial score (nSPS) is 14.1. The minimum atomic E-state index is -0.359. The summed E-state index contributed by atoms with van der Waals surface area (Å²) >= 11 is 0. The molecule has 0 saturated carbocycles. The van der Waals surface area contributed by atoms with Crippen LogP contribution in [0.1, 0.15) is 19.3 Å². The van der Waals surface area contributed by atoms with Crippen molar-refractivity contribution in [3.05, 3.63) is 51.2 Å². The van der Waals surface area contributed by atoms with E-state index in [1.54, 1.807) is 7.05 Å². The first-order chi connectivity index (χ1) is 13.6. The average molecular weight is 383 g/mol. The molecule has 8 heteroatoms. The van der Waals surface area contributed by atoms with Crippen molar-refractivity contribution in [1.82, 2.24) is 18.7 Å². The van der Waals surface area contributed by atoms with Crippen LogP contribution in [0.3, 0.4) is 0 Å². The fourth-order valence-electron chi connectivity index (χ4n) is 3.73. The van der Waals surface area contributed by atoms with E-state index in [1.807, 2.05) is 34.9 Å². The number of imidazole rings is 1. The van der Waals surface area contributed by atoms with Crippen molar-refractivity contribution in [2.24, 2.45) is 14.1 Å². The van der Waals surface area contributed by atoms with E-state index < -0.39 is 0 Å². The Kier molecular flexibility index (Phi) is 4.93. The smallest absolute Gasteiger partial charge is 0.332 e. The number of hydrogen-bond donors (Lipinski definition) is 0. The van der Waals surface area contributed by atoms with E-state index in [-0.39, 0.29) is 11.2 Å². The SMILES string of the molecule is Cn1c(=O)c2c(nc(N3CCCC3)n2CCCOc2ccccc2)n(C)c1=O. The third kappa shape index (κ3) is 3.19. The number of hydrogen-bond acceptors (Lipinski definition) is 5. The summed E-state index contributed by atoms with van der Waals surface area (Å²) in [6.45, 7) is 2.97. The second-order valence-corrected chi connectivity index (χ2v) is 7.15. The lowest BCUT2D eigenvalue weighted by molar-refractivity contribution is 0.302. The molecule has 4 rings (SSSR count). The van der Waals surface area contributed by atoms with Crippen LogP contribution in [0.4, 0.5) is 5.95 Å². The second-order valence-electron chi connectivity index (χ2n) is 7.15. The zero-order valence-electron chi connectivity index (χ0n) is 16.3. The van der Waals surface area contributed by atoms with Gasteiger partial charge in [0.1, 0.15) is 5.75 Å². The molecule has 0 aliphatic carbocycles. The monoisotopic (exact) mass is 383 g/mol. The van der Waals surface area contributed by atoms with Crippen molar-refractivity contribution in [3.8, 4) is 5.75 Å². The summed E-state index contributed by atoms with van der Waals surface area (Å²) in [4.78, 5) is 32.0. The average Bonchev–Trinajstić information content (AvgIpc) is 3.37. The lowest BCUT2D eigenvalue weighted by atomic mass is 10.3. The van der Waals surface area contributed by atoms with Gasteiger partial charge in [-0.25, -0.2) is 4.79 Å². The van der Waals surface area contributed by atoms with Crippen LogP contribution in [-0.2, 0) is 20.6 Å². The Morgan fingerprint density at radius 1 is 1.04 bits per heavy atom. The molecule has 1 aromatic carbocycles. The molecule has 3 heterocycles. The molecule has 148 valence electrons. The standard InChI is InChI=1S/C20H25N5O3/c1-22-17-16(18(26)23(2)20(22)27)25(19(21-17)24-11-6-7-12-24)13-8-14-28-15-9-4-3-5-10-15/h3-5,9-10H,6-8,11-14H2,1-2H3. The van der Waals surface area contributed by atoms with Crippen molar-refractivity contribution in [1.29, 1.82) is 0 Å². The van der Waals surface area contributed by atoms with Gasteiger partial charge < -0.3 is 14.2 Å². The summed E-state index contributed by atoms with van der Waals surface area (Å²) in [5.74, 6) is 1.60. The lowest BCUT2D eigenvalue weighted by Gasteiger charge is -2.18. The number of ether oxygens (including phenoxy) is 1. The minimum Gasteiger partial charge on any atom is -0.494 e. The van der Waals surface area contributed by atoms with E-state index >= 15 is 0 Å². The van der Waals surface area contributed by atoms with E-state index in [1.165, 1.54) is 11.6 Å². The maximum absolute atomic E-state index is 12.8. The van der Waals surface area contributed by atoms with Gasteiger partial charge in [0.25, 0.3) is 5.56 Å². The van der Waals surface area contributed by atoms with Crippen molar-refractivity contribution in [2.45, 2.75) is 25.8 Å². The Balaban J connectivity index is 1.67. The Morgan fingerprint density at radius 3 is 2.46 bits per heavy atom. The van der Waals surface area contributed by atoms with Crippen LogP contribution >= 0.6 is 0 Å². The van der Waals surface area contributed by atoms with Gasteiger partial charge in [-0.3, -0.25) is 13.9 Å². The van der Waals surface area contributed by atoms with Crippen LogP contribution in [0.25, 0.3) is 11.2 Å². The van der Waals surface area contributed by atoms with Crippen LogP contribution in [0.5, 0.6) is 5.75 Å². The summed E-state index contributed by atoms with van der Waals surface area (Å²) in [5, 5.41) is 0. The maximum atomic E-state index is 12.8. The highest BCUT2D eigenvalue weighted by Gasteiger charge is 2.24. The molecule has 3 aromatic rings. The first kappa shape index (κ1) is 18.3. The molecule has 28 heavy (non-hydrogen) atoms. The van der Waals surface area contributed by atoms with Crippen molar-refractivity contribution < 1.29 is 4.74 Å². The quantitative estimate of drug-likeness (QED) is 0.603. The van der Waals surface area contributed by atoms with Crippen LogP contribution in [-0.4, -0.2) is 38.4 Å². The Hall–Kier alpha value is -3.03. The van der Waals surface area contributed by atoms with E-state index in [0.717, 1.165) is 48.6 Å². The molecule has 8 nitrogen and oxygen atoms in total. The molecular weight excluding hydrogens is 358 g/mol. The molecular formula is C20H25N5O3. The van der Waals surface area contributed by atoms with Crippen molar-refractivity contribution in [2.75, 3.05) is 24.6 Å².